The lowest BCUT2D eigenvalue weighted by molar-refractivity contribution is 0.305. The zero-order chi connectivity index (χ0) is 12.7. The second-order valence-corrected chi connectivity index (χ2v) is 5.92. The lowest BCUT2D eigenvalue weighted by Gasteiger charge is -2.07. The number of ether oxygens (including phenoxy) is 1. The summed E-state index contributed by atoms with van der Waals surface area (Å²) >= 11 is 0. The summed E-state index contributed by atoms with van der Waals surface area (Å²) in [6.45, 7) is 1.57. The molecule has 0 amide bonds. The minimum atomic E-state index is -3.15. The van der Waals surface area contributed by atoms with Crippen LogP contribution in [0.3, 0.4) is 0 Å². The molecular weight excluding hydrogens is 238 g/mol. The molecule has 0 saturated carbocycles. The van der Waals surface area contributed by atoms with E-state index < -0.39 is 9.84 Å². The fourth-order valence-electron chi connectivity index (χ4n) is 1.39. The fraction of sp³-hybridized carbons (Fsp3) is 0.500. The van der Waals surface area contributed by atoms with Crippen molar-refractivity contribution >= 4 is 9.84 Å². The lowest BCUT2D eigenvalue weighted by Crippen LogP contribution is -2.09. The Labute approximate surface area is 103 Å². The van der Waals surface area contributed by atoms with Gasteiger partial charge in [-0.25, -0.2) is 8.42 Å². The van der Waals surface area contributed by atoms with Crippen molar-refractivity contribution in [2.45, 2.75) is 17.7 Å². The maximum Gasteiger partial charge on any atom is 0.175 e. The van der Waals surface area contributed by atoms with Crippen molar-refractivity contribution in [2.24, 2.45) is 0 Å². The highest BCUT2D eigenvalue weighted by Gasteiger charge is 2.07. The van der Waals surface area contributed by atoms with Crippen molar-refractivity contribution in [2.75, 3.05) is 26.5 Å². The first-order valence-electron chi connectivity index (χ1n) is 5.61. The van der Waals surface area contributed by atoms with Crippen LogP contribution in [0.2, 0.25) is 0 Å². The molecule has 0 aliphatic heterocycles. The molecule has 1 N–H and O–H groups in total. The maximum absolute atomic E-state index is 11.3. The Morgan fingerprint density at radius 1 is 1.29 bits per heavy atom. The van der Waals surface area contributed by atoms with Crippen LogP contribution in [-0.2, 0) is 9.84 Å². The SMILES string of the molecule is CNCCCCOc1cccc(S(C)(=O)=O)c1. The van der Waals surface area contributed by atoms with Crippen molar-refractivity contribution < 1.29 is 13.2 Å². The van der Waals surface area contributed by atoms with Gasteiger partial charge in [0.1, 0.15) is 5.75 Å². The third kappa shape index (κ3) is 5.19. The molecule has 96 valence electrons. The second kappa shape index (κ2) is 6.61. The lowest BCUT2D eigenvalue weighted by atomic mass is 10.3. The van der Waals surface area contributed by atoms with Crippen molar-refractivity contribution in [3.8, 4) is 5.75 Å². The minimum absolute atomic E-state index is 0.297. The Morgan fingerprint density at radius 3 is 2.71 bits per heavy atom. The van der Waals surface area contributed by atoms with Crippen LogP contribution in [0, 0.1) is 0 Å². The van der Waals surface area contributed by atoms with Crippen LogP contribution >= 0.6 is 0 Å². The summed E-state index contributed by atoms with van der Waals surface area (Å²) in [4.78, 5) is 0.297. The van der Waals surface area contributed by atoms with Crippen LogP contribution in [0.5, 0.6) is 5.75 Å². The van der Waals surface area contributed by atoms with Crippen LogP contribution < -0.4 is 10.1 Å². The predicted octanol–water partition coefficient (Wildman–Crippen LogP) is 1.47. The predicted molar refractivity (Wildman–Crippen MR) is 68.2 cm³/mol. The van der Waals surface area contributed by atoms with Gasteiger partial charge in [0.2, 0.25) is 0 Å². The Morgan fingerprint density at radius 2 is 2.06 bits per heavy atom. The van der Waals surface area contributed by atoms with Gasteiger partial charge in [-0.2, -0.15) is 0 Å². The average molecular weight is 257 g/mol. The van der Waals surface area contributed by atoms with E-state index in [1.54, 1.807) is 24.3 Å². The van der Waals surface area contributed by atoms with Gasteiger partial charge in [-0.3, -0.25) is 0 Å². The molecule has 5 heteroatoms. The van der Waals surface area contributed by atoms with E-state index in [0.717, 1.165) is 19.4 Å². The zero-order valence-electron chi connectivity index (χ0n) is 10.3. The van der Waals surface area contributed by atoms with Crippen LogP contribution in [0.25, 0.3) is 0 Å². The van der Waals surface area contributed by atoms with Crippen LogP contribution in [0.15, 0.2) is 29.2 Å². The molecule has 0 atom stereocenters. The van der Waals surface area contributed by atoms with Crippen LogP contribution in [0.4, 0.5) is 0 Å². The molecule has 0 aromatic heterocycles. The molecule has 1 rings (SSSR count). The van der Waals surface area contributed by atoms with Crippen LogP contribution in [-0.4, -0.2) is 34.9 Å². The Kier molecular flexibility index (Phi) is 5.44. The van der Waals surface area contributed by atoms with Crippen molar-refractivity contribution in [3.63, 3.8) is 0 Å². The molecule has 0 spiro atoms. The molecule has 1 aromatic rings. The summed E-state index contributed by atoms with van der Waals surface area (Å²) in [5, 5.41) is 3.06. The first-order valence-corrected chi connectivity index (χ1v) is 7.50. The highest BCUT2D eigenvalue weighted by atomic mass is 32.2. The van der Waals surface area contributed by atoms with Gasteiger partial charge in [0.05, 0.1) is 11.5 Å². The largest absolute Gasteiger partial charge is 0.494 e. The van der Waals surface area contributed by atoms with E-state index in [0.29, 0.717) is 17.3 Å². The molecule has 0 fully saturated rings. The molecule has 17 heavy (non-hydrogen) atoms. The summed E-state index contributed by atoms with van der Waals surface area (Å²) in [5.74, 6) is 0.609. The monoisotopic (exact) mass is 257 g/mol. The summed E-state index contributed by atoms with van der Waals surface area (Å²) < 4.78 is 28.2. The van der Waals surface area contributed by atoms with E-state index in [-0.39, 0.29) is 0 Å². The number of sulfone groups is 1. The summed E-state index contributed by atoms with van der Waals surface area (Å²) in [7, 11) is -1.24. The van der Waals surface area contributed by atoms with E-state index in [2.05, 4.69) is 5.32 Å². The molecule has 0 heterocycles. The standard InChI is InChI=1S/C12H19NO3S/c1-13-8-3-4-9-16-11-6-5-7-12(10-11)17(2,14)15/h5-7,10,13H,3-4,8-9H2,1-2H3. The van der Waals surface area contributed by atoms with E-state index in [1.807, 2.05) is 7.05 Å². The highest BCUT2D eigenvalue weighted by Crippen LogP contribution is 2.17. The summed E-state index contributed by atoms with van der Waals surface area (Å²) in [5.41, 5.74) is 0. The Bertz CT molecular complexity index is 443. The first-order chi connectivity index (χ1) is 8.04. The van der Waals surface area contributed by atoms with Crippen molar-refractivity contribution in [3.05, 3.63) is 24.3 Å². The van der Waals surface area contributed by atoms with E-state index in [4.69, 9.17) is 4.74 Å². The van der Waals surface area contributed by atoms with Gasteiger partial charge in [-0.15, -0.1) is 0 Å². The highest BCUT2D eigenvalue weighted by molar-refractivity contribution is 7.90. The molecule has 0 aliphatic rings. The molecule has 0 radical (unpaired) electrons. The van der Waals surface area contributed by atoms with Gasteiger partial charge in [-0.05, 0) is 44.6 Å². The molecular formula is C12H19NO3S. The van der Waals surface area contributed by atoms with Gasteiger partial charge in [-0.1, -0.05) is 6.07 Å². The summed E-state index contributed by atoms with van der Waals surface area (Å²) in [6.07, 6.45) is 3.19. The first kappa shape index (κ1) is 14.0. The molecule has 0 bridgehead atoms. The average Bonchev–Trinajstić information content (AvgIpc) is 2.28. The number of hydrogen-bond donors (Lipinski definition) is 1. The van der Waals surface area contributed by atoms with Crippen LogP contribution in [0.1, 0.15) is 12.8 Å². The second-order valence-electron chi connectivity index (χ2n) is 3.91. The summed E-state index contributed by atoms with van der Waals surface area (Å²) in [6, 6.07) is 6.60. The third-order valence-corrected chi connectivity index (χ3v) is 3.43. The fourth-order valence-corrected chi connectivity index (χ4v) is 2.04. The van der Waals surface area contributed by atoms with Gasteiger partial charge in [0, 0.05) is 6.26 Å². The van der Waals surface area contributed by atoms with E-state index in [9.17, 15) is 8.42 Å². The number of hydrogen-bond acceptors (Lipinski definition) is 4. The van der Waals surface area contributed by atoms with Gasteiger partial charge >= 0.3 is 0 Å². The van der Waals surface area contributed by atoms with Crippen molar-refractivity contribution in [1.82, 2.24) is 5.32 Å². The Balaban J connectivity index is 2.49. The van der Waals surface area contributed by atoms with Gasteiger partial charge in [0.25, 0.3) is 0 Å². The normalized spacial score (nSPS) is 11.4. The zero-order valence-corrected chi connectivity index (χ0v) is 11.1. The topological polar surface area (TPSA) is 55.4 Å². The molecule has 1 aromatic carbocycles. The number of rotatable bonds is 7. The van der Waals surface area contributed by atoms with Crippen molar-refractivity contribution in [1.29, 1.82) is 0 Å². The van der Waals surface area contributed by atoms with Gasteiger partial charge in [0.15, 0.2) is 9.84 Å². The third-order valence-electron chi connectivity index (χ3n) is 2.32. The Hall–Kier alpha value is -1.07. The molecule has 0 saturated heterocycles. The van der Waals surface area contributed by atoms with E-state index >= 15 is 0 Å². The maximum atomic E-state index is 11.3. The molecule has 0 unspecified atom stereocenters. The quantitative estimate of drug-likeness (QED) is 0.752. The van der Waals surface area contributed by atoms with Gasteiger partial charge < -0.3 is 10.1 Å². The number of nitrogens with one attached hydrogen (secondary N) is 1. The smallest absolute Gasteiger partial charge is 0.175 e. The number of unbranched alkanes of at least 4 members (excludes halogenated alkanes) is 1. The number of benzene rings is 1. The van der Waals surface area contributed by atoms with E-state index in [1.165, 1.54) is 6.26 Å². The minimum Gasteiger partial charge on any atom is -0.494 e. The molecule has 0 aliphatic carbocycles. The molecule has 4 nitrogen and oxygen atoms in total.